The molecule has 0 atom stereocenters. The molecule has 0 fully saturated rings. The van der Waals surface area contributed by atoms with E-state index >= 15 is 0 Å². The van der Waals surface area contributed by atoms with E-state index in [4.69, 9.17) is 5.11 Å². The van der Waals surface area contributed by atoms with E-state index in [2.05, 4.69) is 20.3 Å². The van der Waals surface area contributed by atoms with Crippen LogP contribution >= 0.6 is 0 Å². The summed E-state index contributed by atoms with van der Waals surface area (Å²) in [5.74, 6) is -2.30. The van der Waals surface area contributed by atoms with E-state index in [1.807, 2.05) is 0 Å². The van der Waals surface area contributed by atoms with Crippen LogP contribution in [-0.4, -0.2) is 31.9 Å². The molecule has 0 aliphatic heterocycles. The third kappa shape index (κ3) is 2.69. The molecule has 20 heavy (non-hydrogen) atoms. The second kappa shape index (κ2) is 5.31. The summed E-state index contributed by atoms with van der Waals surface area (Å²) in [5, 5.41) is 11.2. The van der Waals surface area contributed by atoms with E-state index in [0.29, 0.717) is 5.69 Å². The lowest BCUT2D eigenvalue weighted by molar-refractivity contribution is 0.0691. The molecule has 2 aromatic rings. The molecule has 0 bridgehead atoms. The third-order valence-corrected chi connectivity index (χ3v) is 2.43. The number of nitrogens with one attached hydrogen (secondary N) is 2. The molecule has 1 amide bonds. The highest BCUT2D eigenvalue weighted by Crippen LogP contribution is 2.09. The molecule has 0 unspecified atom stereocenters. The van der Waals surface area contributed by atoms with E-state index < -0.39 is 23.0 Å². The molecule has 8 nitrogen and oxygen atoms in total. The number of hydrogen-bond acceptors (Lipinski definition) is 5. The summed E-state index contributed by atoms with van der Waals surface area (Å²) in [6.07, 6.45) is 3.68. The number of aromatic nitrogens is 3. The average Bonchev–Trinajstić information content (AvgIpc) is 2.38. The molecule has 0 aliphatic rings. The van der Waals surface area contributed by atoms with Crippen LogP contribution in [-0.2, 0) is 0 Å². The second-order valence-electron chi connectivity index (χ2n) is 3.91. The van der Waals surface area contributed by atoms with Crippen molar-refractivity contribution in [2.24, 2.45) is 0 Å². The number of carboxylic acid groups (broad SMARTS) is 1. The van der Waals surface area contributed by atoms with E-state index in [1.54, 1.807) is 6.92 Å². The smallest absolute Gasteiger partial charge is 0.358 e. The number of anilines is 1. The van der Waals surface area contributed by atoms with Crippen LogP contribution in [0.3, 0.4) is 0 Å². The highest BCUT2D eigenvalue weighted by atomic mass is 16.4. The number of carbonyl (C=O) groups excluding carboxylic acids is 1. The number of hydrogen-bond donors (Lipinski definition) is 3. The van der Waals surface area contributed by atoms with Gasteiger partial charge in [0.05, 0.1) is 0 Å². The number of amides is 1. The van der Waals surface area contributed by atoms with Crippen LogP contribution in [0.1, 0.15) is 26.5 Å². The molecule has 2 aromatic heterocycles. The molecule has 102 valence electrons. The van der Waals surface area contributed by atoms with Crippen LogP contribution in [0.5, 0.6) is 0 Å². The van der Waals surface area contributed by atoms with Gasteiger partial charge in [0.1, 0.15) is 5.56 Å². The number of carbonyl (C=O) groups is 2. The van der Waals surface area contributed by atoms with Gasteiger partial charge >= 0.3 is 5.97 Å². The molecule has 0 saturated heterocycles. The lowest BCUT2D eigenvalue weighted by Crippen LogP contribution is -2.23. The summed E-state index contributed by atoms with van der Waals surface area (Å²) in [6, 6.07) is 1.27. The maximum atomic E-state index is 11.9. The standard InChI is InChI=1S/C12H10N4O4/c1-6-4-8(17)7(5-15-6)11(18)16-10-9(12(19)20)13-2-3-14-10/h2-5H,1H3,(H,15,17)(H,19,20)(H,14,16,18). The zero-order valence-electron chi connectivity index (χ0n) is 10.4. The molecule has 8 heteroatoms. The minimum atomic E-state index is -1.33. The van der Waals surface area contributed by atoms with Crippen molar-refractivity contribution >= 4 is 17.7 Å². The second-order valence-corrected chi connectivity index (χ2v) is 3.91. The van der Waals surface area contributed by atoms with Crippen LogP contribution in [0.15, 0.2) is 29.5 Å². The number of H-pyrrole nitrogens is 1. The van der Waals surface area contributed by atoms with Crippen molar-refractivity contribution in [3.63, 3.8) is 0 Å². The van der Waals surface area contributed by atoms with Gasteiger partial charge in [-0.2, -0.15) is 0 Å². The van der Waals surface area contributed by atoms with Gasteiger partial charge in [-0.05, 0) is 6.92 Å². The molecule has 2 rings (SSSR count). The Hall–Kier alpha value is -3.03. The van der Waals surface area contributed by atoms with Gasteiger partial charge < -0.3 is 15.4 Å². The van der Waals surface area contributed by atoms with Crippen LogP contribution in [0.2, 0.25) is 0 Å². The number of rotatable bonds is 3. The first-order valence-electron chi connectivity index (χ1n) is 5.54. The molecular weight excluding hydrogens is 264 g/mol. The molecule has 0 saturated carbocycles. The largest absolute Gasteiger partial charge is 0.476 e. The van der Waals surface area contributed by atoms with Crippen LogP contribution in [0.25, 0.3) is 0 Å². The predicted molar refractivity (Wildman–Crippen MR) is 68.7 cm³/mol. The highest BCUT2D eigenvalue weighted by molar-refractivity contribution is 6.06. The van der Waals surface area contributed by atoms with Crippen molar-refractivity contribution in [2.45, 2.75) is 6.92 Å². The zero-order chi connectivity index (χ0) is 14.7. The first kappa shape index (κ1) is 13.4. The molecular formula is C12H10N4O4. The first-order valence-corrected chi connectivity index (χ1v) is 5.54. The van der Waals surface area contributed by atoms with E-state index in [1.165, 1.54) is 24.7 Å². The van der Waals surface area contributed by atoms with Crippen LogP contribution < -0.4 is 10.7 Å². The van der Waals surface area contributed by atoms with Crippen molar-refractivity contribution in [1.82, 2.24) is 15.0 Å². The van der Waals surface area contributed by atoms with Crippen molar-refractivity contribution < 1.29 is 14.7 Å². The topological polar surface area (TPSA) is 125 Å². The third-order valence-electron chi connectivity index (χ3n) is 2.43. The van der Waals surface area contributed by atoms with Crippen molar-refractivity contribution in [1.29, 1.82) is 0 Å². The number of aromatic amines is 1. The molecule has 0 spiro atoms. The van der Waals surface area contributed by atoms with Crippen LogP contribution in [0.4, 0.5) is 5.82 Å². The van der Waals surface area contributed by atoms with Gasteiger partial charge in [0, 0.05) is 30.4 Å². The summed E-state index contributed by atoms with van der Waals surface area (Å²) in [5.41, 5.74) is -0.404. The Bertz CT molecular complexity index is 738. The summed E-state index contributed by atoms with van der Waals surface area (Å²) >= 11 is 0. The Balaban J connectivity index is 2.33. The van der Waals surface area contributed by atoms with E-state index in [0.717, 1.165) is 0 Å². The lowest BCUT2D eigenvalue weighted by Gasteiger charge is -2.06. The van der Waals surface area contributed by atoms with Gasteiger partial charge in [-0.3, -0.25) is 9.59 Å². The maximum absolute atomic E-state index is 11.9. The summed E-state index contributed by atoms with van der Waals surface area (Å²) in [6.45, 7) is 1.67. The SMILES string of the molecule is Cc1cc(=O)c(C(=O)Nc2nccnc2C(=O)O)c[nH]1. The van der Waals surface area contributed by atoms with Gasteiger partial charge in [0.2, 0.25) is 0 Å². The number of aromatic carboxylic acids is 1. The Kier molecular flexibility index (Phi) is 3.56. The number of carboxylic acids is 1. The fraction of sp³-hybridized carbons (Fsp3) is 0.0833. The van der Waals surface area contributed by atoms with E-state index in [-0.39, 0.29) is 11.4 Å². The molecule has 0 radical (unpaired) electrons. The normalized spacial score (nSPS) is 10.1. The van der Waals surface area contributed by atoms with Crippen molar-refractivity contribution in [3.8, 4) is 0 Å². The van der Waals surface area contributed by atoms with E-state index in [9.17, 15) is 14.4 Å². The van der Waals surface area contributed by atoms with Gasteiger partial charge in [-0.15, -0.1) is 0 Å². The lowest BCUT2D eigenvalue weighted by atomic mass is 10.2. The molecule has 2 heterocycles. The Morgan fingerprint density at radius 1 is 1.30 bits per heavy atom. The van der Waals surface area contributed by atoms with Gasteiger partial charge in [0.25, 0.3) is 5.91 Å². The Morgan fingerprint density at radius 3 is 2.65 bits per heavy atom. The van der Waals surface area contributed by atoms with Gasteiger partial charge in [-0.25, -0.2) is 14.8 Å². The molecule has 0 aliphatic carbocycles. The van der Waals surface area contributed by atoms with Gasteiger partial charge in [-0.1, -0.05) is 0 Å². The highest BCUT2D eigenvalue weighted by Gasteiger charge is 2.17. The monoisotopic (exact) mass is 274 g/mol. The summed E-state index contributed by atoms with van der Waals surface area (Å²) in [4.78, 5) is 44.6. The fourth-order valence-electron chi connectivity index (χ4n) is 1.51. The maximum Gasteiger partial charge on any atom is 0.358 e. The van der Waals surface area contributed by atoms with Crippen molar-refractivity contribution in [2.75, 3.05) is 5.32 Å². The number of nitrogens with zero attached hydrogens (tertiary/aromatic N) is 2. The molecule has 0 aromatic carbocycles. The zero-order valence-corrected chi connectivity index (χ0v) is 10.4. The quantitative estimate of drug-likeness (QED) is 0.745. The minimum absolute atomic E-state index is 0.141. The first-order chi connectivity index (χ1) is 9.49. The predicted octanol–water partition coefficient (Wildman–Crippen LogP) is 0.424. The molecule has 3 N–H and O–H groups in total. The Morgan fingerprint density at radius 2 is 2.00 bits per heavy atom. The number of aryl methyl sites for hydroxylation is 1. The summed E-state index contributed by atoms with van der Waals surface area (Å²) < 4.78 is 0. The van der Waals surface area contributed by atoms with Crippen molar-refractivity contribution in [3.05, 3.63) is 51.8 Å². The van der Waals surface area contributed by atoms with Gasteiger partial charge in [0.15, 0.2) is 16.9 Å². The summed E-state index contributed by atoms with van der Waals surface area (Å²) in [7, 11) is 0. The Labute approximate surface area is 112 Å². The number of pyridine rings is 1. The fourth-order valence-corrected chi connectivity index (χ4v) is 1.51. The van der Waals surface area contributed by atoms with Crippen LogP contribution in [0, 0.1) is 6.92 Å². The average molecular weight is 274 g/mol. The minimum Gasteiger partial charge on any atom is -0.476 e.